The molecule has 1 spiro atoms. The molecule has 5 rings (SSSR count). The highest BCUT2D eigenvalue weighted by atomic mass is 16.5. The number of carbonyl (C=O) groups excluding carboxylic acids is 1. The van der Waals surface area contributed by atoms with Crippen LogP contribution >= 0.6 is 0 Å². The molecule has 1 atom stereocenters. The second kappa shape index (κ2) is 3.58. The van der Waals surface area contributed by atoms with Crippen molar-refractivity contribution in [1.29, 1.82) is 0 Å². The maximum atomic E-state index is 12.7. The fourth-order valence-electron chi connectivity index (χ4n) is 3.65. The first-order valence-electron chi connectivity index (χ1n) is 7.13. The number of hydrogen-bond acceptors (Lipinski definition) is 3. The second-order valence-electron chi connectivity index (χ2n) is 5.75. The highest BCUT2D eigenvalue weighted by Gasteiger charge is 2.54. The van der Waals surface area contributed by atoms with Crippen molar-refractivity contribution in [2.75, 3.05) is 18.5 Å². The quantitative estimate of drug-likeness (QED) is 0.804. The molecule has 4 heteroatoms. The van der Waals surface area contributed by atoms with Gasteiger partial charge in [0.25, 0.3) is 0 Å². The summed E-state index contributed by atoms with van der Waals surface area (Å²) >= 11 is 0. The number of benzene rings is 2. The van der Waals surface area contributed by atoms with Gasteiger partial charge < -0.3 is 14.8 Å². The Labute approximate surface area is 121 Å². The number of hydrogen-bond donors (Lipinski definition) is 1. The second-order valence-corrected chi connectivity index (χ2v) is 5.75. The molecule has 21 heavy (non-hydrogen) atoms. The van der Waals surface area contributed by atoms with E-state index in [1.54, 1.807) is 0 Å². The van der Waals surface area contributed by atoms with Crippen LogP contribution in [-0.2, 0) is 16.6 Å². The standard InChI is InChI=1S/C17H13NO3/c19-16-17(11-3-1-2-4-13(11)18-16)9-21-15-8-14-10(5-6-20-14)7-12(15)17/h1-4,7-8H,5-6,9H2,(H,18,19)/t17-/m1/s1. The summed E-state index contributed by atoms with van der Waals surface area (Å²) in [5, 5.41) is 2.99. The number of ether oxygens (including phenoxy) is 2. The third kappa shape index (κ3) is 1.23. The van der Waals surface area contributed by atoms with Crippen molar-refractivity contribution >= 4 is 11.6 Å². The molecule has 2 aromatic carbocycles. The largest absolute Gasteiger partial charge is 0.493 e. The molecular weight excluding hydrogens is 266 g/mol. The van der Waals surface area contributed by atoms with E-state index in [1.807, 2.05) is 30.3 Å². The van der Waals surface area contributed by atoms with Gasteiger partial charge >= 0.3 is 0 Å². The number of rotatable bonds is 0. The van der Waals surface area contributed by atoms with Crippen LogP contribution in [0.3, 0.4) is 0 Å². The summed E-state index contributed by atoms with van der Waals surface area (Å²) in [6.07, 6.45) is 0.891. The van der Waals surface area contributed by atoms with Crippen LogP contribution in [0.1, 0.15) is 16.7 Å². The minimum atomic E-state index is -0.705. The Morgan fingerprint density at radius 3 is 2.90 bits per heavy atom. The average Bonchev–Trinajstić information content (AvgIpc) is 3.16. The van der Waals surface area contributed by atoms with Gasteiger partial charge in [0.15, 0.2) is 0 Å². The Bertz CT molecular complexity index is 799. The summed E-state index contributed by atoms with van der Waals surface area (Å²) in [6.45, 7) is 1.06. The number of para-hydroxylation sites is 1. The van der Waals surface area contributed by atoms with E-state index < -0.39 is 5.41 Å². The first-order chi connectivity index (χ1) is 10.3. The molecule has 0 fully saturated rings. The van der Waals surface area contributed by atoms with Crippen molar-refractivity contribution in [3.05, 3.63) is 53.1 Å². The maximum Gasteiger partial charge on any atom is 0.243 e. The maximum absolute atomic E-state index is 12.7. The predicted molar refractivity (Wildman–Crippen MR) is 77.0 cm³/mol. The van der Waals surface area contributed by atoms with Crippen molar-refractivity contribution in [3.63, 3.8) is 0 Å². The molecule has 0 radical (unpaired) electrons. The number of amides is 1. The number of carbonyl (C=O) groups is 1. The Morgan fingerprint density at radius 1 is 1.05 bits per heavy atom. The summed E-state index contributed by atoms with van der Waals surface area (Å²) in [4.78, 5) is 12.7. The lowest BCUT2D eigenvalue weighted by molar-refractivity contribution is -0.119. The van der Waals surface area contributed by atoms with E-state index in [-0.39, 0.29) is 5.91 Å². The van der Waals surface area contributed by atoms with Crippen molar-refractivity contribution in [2.24, 2.45) is 0 Å². The van der Waals surface area contributed by atoms with Crippen LogP contribution < -0.4 is 14.8 Å². The molecule has 1 N–H and O–H groups in total. The van der Waals surface area contributed by atoms with E-state index in [0.29, 0.717) is 13.2 Å². The lowest BCUT2D eigenvalue weighted by Gasteiger charge is -2.20. The summed E-state index contributed by atoms with van der Waals surface area (Å²) in [6, 6.07) is 11.9. The molecule has 0 bridgehead atoms. The minimum absolute atomic E-state index is 0.00122. The zero-order valence-corrected chi connectivity index (χ0v) is 11.3. The lowest BCUT2D eigenvalue weighted by Crippen LogP contribution is -2.37. The van der Waals surface area contributed by atoms with Crippen LogP contribution in [0, 0.1) is 0 Å². The third-order valence-electron chi connectivity index (χ3n) is 4.72. The van der Waals surface area contributed by atoms with Gasteiger partial charge in [0, 0.05) is 23.7 Å². The topological polar surface area (TPSA) is 47.6 Å². The molecule has 2 aromatic rings. The number of anilines is 1. The zero-order chi connectivity index (χ0) is 14.0. The molecule has 1 amide bonds. The van der Waals surface area contributed by atoms with Crippen LogP contribution in [-0.4, -0.2) is 19.1 Å². The van der Waals surface area contributed by atoms with E-state index in [2.05, 4.69) is 11.4 Å². The van der Waals surface area contributed by atoms with E-state index >= 15 is 0 Å². The average molecular weight is 279 g/mol. The van der Waals surface area contributed by atoms with Crippen LogP contribution in [0.2, 0.25) is 0 Å². The van der Waals surface area contributed by atoms with Gasteiger partial charge in [-0.25, -0.2) is 0 Å². The van der Waals surface area contributed by atoms with Gasteiger partial charge in [-0.15, -0.1) is 0 Å². The lowest BCUT2D eigenvalue weighted by atomic mass is 9.76. The number of nitrogens with one attached hydrogen (secondary N) is 1. The Hall–Kier alpha value is -2.49. The Kier molecular flexibility index (Phi) is 1.91. The van der Waals surface area contributed by atoms with Gasteiger partial charge in [-0.2, -0.15) is 0 Å². The molecule has 3 aliphatic rings. The highest BCUT2D eigenvalue weighted by Crippen LogP contribution is 2.51. The van der Waals surface area contributed by atoms with Crippen LogP contribution in [0.5, 0.6) is 11.5 Å². The SMILES string of the molecule is O=C1Nc2ccccc2[C@@]12COc1cc3c(cc12)CCO3. The summed E-state index contributed by atoms with van der Waals surface area (Å²) in [5.74, 6) is 1.65. The Balaban J connectivity index is 1.79. The molecule has 4 nitrogen and oxygen atoms in total. The zero-order valence-electron chi connectivity index (χ0n) is 11.3. The monoisotopic (exact) mass is 279 g/mol. The van der Waals surface area contributed by atoms with Gasteiger partial charge in [-0.1, -0.05) is 18.2 Å². The molecule has 0 aromatic heterocycles. The normalized spacial score (nSPS) is 24.1. The smallest absolute Gasteiger partial charge is 0.243 e. The molecular formula is C17H13NO3. The van der Waals surface area contributed by atoms with Crippen molar-refractivity contribution in [1.82, 2.24) is 0 Å². The number of fused-ring (bicyclic) bond motifs is 5. The summed E-state index contributed by atoms with van der Waals surface area (Å²) < 4.78 is 11.4. The van der Waals surface area contributed by atoms with Crippen molar-refractivity contribution < 1.29 is 14.3 Å². The van der Waals surface area contributed by atoms with E-state index in [0.717, 1.165) is 40.3 Å². The molecule has 0 unspecified atom stereocenters. The predicted octanol–water partition coefficient (Wildman–Crippen LogP) is 2.25. The van der Waals surface area contributed by atoms with E-state index in [1.165, 1.54) is 0 Å². The van der Waals surface area contributed by atoms with Gasteiger partial charge in [0.05, 0.1) is 6.61 Å². The first kappa shape index (κ1) is 11.2. The van der Waals surface area contributed by atoms with E-state index in [9.17, 15) is 4.79 Å². The highest BCUT2D eigenvalue weighted by molar-refractivity contribution is 6.09. The Morgan fingerprint density at radius 2 is 1.95 bits per heavy atom. The summed E-state index contributed by atoms with van der Waals surface area (Å²) in [5.41, 5.74) is 3.32. The van der Waals surface area contributed by atoms with Gasteiger partial charge in [-0.3, -0.25) is 4.79 Å². The van der Waals surface area contributed by atoms with Gasteiger partial charge in [0.1, 0.15) is 23.5 Å². The molecule has 0 saturated carbocycles. The van der Waals surface area contributed by atoms with Gasteiger partial charge in [-0.05, 0) is 23.3 Å². The molecule has 3 heterocycles. The molecule has 3 aliphatic heterocycles. The minimum Gasteiger partial charge on any atom is -0.493 e. The van der Waals surface area contributed by atoms with Crippen molar-refractivity contribution in [3.8, 4) is 11.5 Å². The fraction of sp³-hybridized carbons (Fsp3) is 0.235. The van der Waals surface area contributed by atoms with Crippen molar-refractivity contribution in [2.45, 2.75) is 11.8 Å². The molecule has 0 aliphatic carbocycles. The summed E-state index contributed by atoms with van der Waals surface area (Å²) in [7, 11) is 0. The molecule has 104 valence electrons. The fourth-order valence-corrected chi connectivity index (χ4v) is 3.65. The van der Waals surface area contributed by atoms with Crippen LogP contribution in [0.4, 0.5) is 5.69 Å². The first-order valence-corrected chi connectivity index (χ1v) is 7.13. The van der Waals surface area contributed by atoms with E-state index in [4.69, 9.17) is 9.47 Å². The van der Waals surface area contributed by atoms with Crippen LogP contribution in [0.15, 0.2) is 36.4 Å². The van der Waals surface area contributed by atoms with Crippen LogP contribution in [0.25, 0.3) is 0 Å². The van der Waals surface area contributed by atoms with Gasteiger partial charge in [0.2, 0.25) is 5.91 Å². The third-order valence-corrected chi connectivity index (χ3v) is 4.72. The molecule has 0 saturated heterocycles.